The van der Waals surface area contributed by atoms with Crippen LogP contribution in [0.5, 0.6) is 0 Å². The average Bonchev–Trinajstić information content (AvgIpc) is 2.33. The van der Waals surface area contributed by atoms with E-state index in [1.54, 1.807) is 6.07 Å². The molecular weight excluding hydrogens is 244 g/mol. The quantitative estimate of drug-likeness (QED) is 0.857. The lowest BCUT2D eigenvalue weighted by Crippen LogP contribution is -2.06. The lowest BCUT2D eigenvalue weighted by molar-refractivity contribution is 0.500. The highest BCUT2D eigenvalue weighted by molar-refractivity contribution is 5.58. The number of nitrogens with one attached hydrogen (secondary N) is 1. The molecule has 0 saturated carbocycles. The SMILES string of the molecule is Cc1cc(C)c(NCc2cccc(F)c2F)c(C)c1. The third-order valence-corrected chi connectivity index (χ3v) is 3.16. The van der Waals surface area contributed by atoms with Crippen LogP contribution in [0.4, 0.5) is 14.5 Å². The molecule has 3 heteroatoms. The molecule has 0 radical (unpaired) electrons. The predicted molar refractivity (Wildman–Crippen MR) is 74.3 cm³/mol. The third kappa shape index (κ3) is 2.92. The summed E-state index contributed by atoms with van der Waals surface area (Å²) in [5.41, 5.74) is 4.72. The van der Waals surface area contributed by atoms with Crippen molar-refractivity contribution in [3.63, 3.8) is 0 Å². The first-order valence-corrected chi connectivity index (χ1v) is 6.23. The van der Waals surface area contributed by atoms with Crippen LogP contribution >= 0.6 is 0 Å². The minimum atomic E-state index is -0.809. The summed E-state index contributed by atoms with van der Waals surface area (Å²) in [5.74, 6) is -1.59. The van der Waals surface area contributed by atoms with Crippen LogP contribution in [0.15, 0.2) is 30.3 Å². The van der Waals surface area contributed by atoms with Crippen LogP contribution in [0, 0.1) is 32.4 Å². The van der Waals surface area contributed by atoms with Gasteiger partial charge in [0.2, 0.25) is 0 Å². The lowest BCUT2D eigenvalue weighted by atomic mass is 10.0. The van der Waals surface area contributed by atoms with Crippen molar-refractivity contribution < 1.29 is 8.78 Å². The first-order valence-electron chi connectivity index (χ1n) is 6.23. The maximum Gasteiger partial charge on any atom is 0.163 e. The summed E-state index contributed by atoms with van der Waals surface area (Å²) in [6, 6.07) is 8.37. The highest BCUT2D eigenvalue weighted by Gasteiger charge is 2.09. The lowest BCUT2D eigenvalue weighted by Gasteiger charge is -2.14. The van der Waals surface area contributed by atoms with Crippen LogP contribution in [0.25, 0.3) is 0 Å². The highest BCUT2D eigenvalue weighted by atomic mass is 19.2. The molecule has 2 aromatic carbocycles. The van der Waals surface area contributed by atoms with Crippen molar-refractivity contribution in [3.8, 4) is 0 Å². The first kappa shape index (κ1) is 13.5. The second kappa shape index (κ2) is 5.39. The summed E-state index contributed by atoms with van der Waals surface area (Å²) in [4.78, 5) is 0. The van der Waals surface area contributed by atoms with Gasteiger partial charge in [-0.25, -0.2) is 8.78 Å². The molecule has 0 spiro atoms. The largest absolute Gasteiger partial charge is 0.380 e. The zero-order valence-electron chi connectivity index (χ0n) is 11.3. The molecule has 0 bridgehead atoms. The summed E-state index contributed by atoms with van der Waals surface area (Å²) in [6.45, 7) is 6.32. The number of halogens is 2. The molecule has 100 valence electrons. The average molecular weight is 261 g/mol. The van der Waals surface area contributed by atoms with E-state index in [0.29, 0.717) is 5.56 Å². The maximum atomic E-state index is 13.6. The van der Waals surface area contributed by atoms with E-state index >= 15 is 0 Å². The Morgan fingerprint density at radius 3 is 2.26 bits per heavy atom. The fourth-order valence-corrected chi connectivity index (χ4v) is 2.33. The van der Waals surface area contributed by atoms with Crippen molar-refractivity contribution in [1.82, 2.24) is 0 Å². The Bertz CT molecular complexity index is 583. The Morgan fingerprint density at radius 1 is 1.00 bits per heavy atom. The number of rotatable bonds is 3. The molecule has 0 atom stereocenters. The second-order valence-electron chi connectivity index (χ2n) is 4.84. The van der Waals surface area contributed by atoms with E-state index in [-0.39, 0.29) is 6.54 Å². The van der Waals surface area contributed by atoms with Crippen LogP contribution in [-0.2, 0) is 6.54 Å². The molecule has 0 heterocycles. The molecule has 2 rings (SSSR count). The van der Waals surface area contributed by atoms with Crippen LogP contribution in [0.3, 0.4) is 0 Å². The van der Waals surface area contributed by atoms with Gasteiger partial charge in [-0.2, -0.15) is 0 Å². The number of aryl methyl sites for hydroxylation is 3. The van der Waals surface area contributed by atoms with Gasteiger partial charge in [-0.15, -0.1) is 0 Å². The van der Waals surface area contributed by atoms with E-state index in [1.165, 1.54) is 11.6 Å². The minimum Gasteiger partial charge on any atom is -0.380 e. The van der Waals surface area contributed by atoms with Crippen molar-refractivity contribution in [2.45, 2.75) is 27.3 Å². The van der Waals surface area contributed by atoms with E-state index in [1.807, 2.05) is 20.8 Å². The fraction of sp³-hybridized carbons (Fsp3) is 0.250. The summed E-state index contributed by atoms with van der Waals surface area (Å²) in [6.07, 6.45) is 0. The molecule has 0 aromatic heterocycles. The molecule has 19 heavy (non-hydrogen) atoms. The summed E-state index contributed by atoms with van der Waals surface area (Å²) in [5, 5.41) is 3.19. The van der Waals surface area contributed by atoms with Crippen LogP contribution < -0.4 is 5.32 Å². The van der Waals surface area contributed by atoms with Gasteiger partial charge >= 0.3 is 0 Å². The molecule has 0 fully saturated rings. The van der Waals surface area contributed by atoms with Gasteiger partial charge < -0.3 is 5.32 Å². The first-order chi connectivity index (χ1) is 8.99. The number of hydrogen-bond donors (Lipinski definition) is 1. The van der Waals surface area contributed by atoms with Gasteiger partial charge in [0.15, 0.2) is 11.6 Å². The van der Waals surface area contributed by atoms with Crippen LogP contribution in [0.2, 0.25) is 0 Å². The predicted octanol–water partition coefficient (Wildman–Crippen LogP) is 4.50. The van der Waals surface area contributed by atoms with E-state index in [2.05, 4.69) is 17.4 Å². The zero-order chi connectivity index (χ0) is 14.0. The Labute approximate surface area is 112 Å². The molecule has 1 N–H and O–H groups in total. The topological polar surface area (TPSA) is 12.0 Å². The normalized spacial score (nSPS) is 10.6. The monoisotopic (exact) mass is 261 g/mol. The molecule has 0 saturated heterocycles. The third-order valence-electron chi connectivity index (χ3n) is 3.16. The van der Waals surface area contributed by atoms with Gasteiger partial charge in [-0.1, -0.05) is 29.8 Å². The molecule has 0 aliphatic heterocycles. The van der Waals surface area contributed by atoms with Crippen molar-refractivity contribution in [3.05, 3.63) is 64.2 Å². The number of anilines is 1. The Balaban J connectivity index is 2.22. The van der Waals surface area contributed by atoms with E-state index in [9.17, 15) is 8.78 Å². The maximum absolute atomic E-state index is 13.6. The molecule has 1 nitrogen and oxygen atoms in total. The van der Waals surface area contributed by atoms with Crippen molar-refractivity contribution in [2.75, 3.05) is 5.32 Å². The molecule has 2 aromatic rings. The van der Waals surface area contributed by atoms with Gasteiger partial charge in [0.25, 0.3) is 0 Å². The Hall–Kier alpha value is -1.90. The second-order valence-corrected chi connectivity index (χ2v) is 4.84. The van der Waals surface area contributed by atoms with Crippen LogP contribution in [0.1, 0.15) is 22.3 Å². The van der Waals surface area contributed by atoms with Gasteiger partial charge in [-0.3, -0.25) is 0 Å². The van der Waals surface area contributed by atoms with Crippen molar-refractivity contribution in [1.29, 1.82) is 0 Å². The zero-order valence-corrected chi connectivity index (χ0v) is 11.3. The van der Waals surface area contributed by atoms with Gasteiger partial charge in [-0.05, 0) is 38.0 Å². The minimum absolute atomic E-state index is 0.272. The van der Waals surface area contributed by atoms with Crippen molar-refractivity contribution in [2.24, 2.45) is 0 Å². The molecule has 0 aliphatic carbocycles. The molecule has 0 amide bonds. The molecule has 0 unspecified atom stereocenters. The summed E-state index contributed by atoms with van der Waals surface area (Å²) >= 11 is 0. The summed E-state index contributed by atoms with van der Waals surface area (Å²) in [7, 11) is 0. The molecular formula is C16H17F2N. The molecule has 0 aliphatic rings. The number of benzene rings is 2. The van der Waals surface area contributed by atoms with Crippen LogP contribution in [-0.4, -0.2) is 0 Å². The van der Waals surface area contributed by atoms with Gasteiger partial charge in [0, 0.05) is 17.8 Å². The van der Waals surface area contributed by atoms with E-state index in [4.69, 9.17) is 0 Å². The Morgan fingerprint density at radius 2 is 1.63 bits per heavy atom. The summed E-state index contributed by atoms with van der Waals surface area (Å²) < 4.78 is 26.7. The fourth-order valence-electron chi connectivity index (χ4n) is 2.33. The standard InChI is InChI=1S/C16H17F2N/c1-10-7-11(2)16(12(3)8-10)19-9-13-5-4-6-14(17)15(13)18/h4-8,19H,9H2,1-3H3. The highest BCUT2D eigenvalue weighted by Crippen LogP contribution is 2.23. The Kier molecular flexibility index (Phi) is 3.84. The van der Waals surface area contributed by atoms with Gasteiger partial charge in [0.05, 0.1) is 0 Å². The number of hydrogen-bond acceptors (Lipinski definition) is 1. The van der Waals surface area contributed by atoms with Gasteiger partial charge in [0.1, 0.15) is 0 Å². The van der Waals surface area contributed by atoms with E-state index in [0.717, 1.165) is 22.9 Å². The van der Waals surface area contributed by atoms with Crippen molar-refractivity contribution >= 4 is 5.69 Å². The van der Waals surface area contributed by atoms with E-state index < -0.39 is 11.6 Å². The smallest absolute Gasteiger partial charge is 0.163 e.